The van der Waals surface area contributed by atoms with Gasteiger partial charge in [0, 0.05) is 29.9 Å². The number of benzene rings is 1. The summed E-state index contributed by atoms with van der Waals surface area (Å²) in [6.45, 7) is 0.0813. The maximum atomic E-state index is 13.1. The molecule has 0 atom stereocenters. The fourth-order valence-electron chi connectivity index (χ4n) is 1.03. The van der Waals surface area contributed by atoms with Gasteiger partial charge in [0.25, 0.3) is 0 Å². The number of nitrogens with one attached hydrogen (secondary N) is 1. The van der Waals surface area contributed by atoms with Gasteiger partial charge in [-0.2, -0.15) is 0 Å². The van der Waals surface area contributed by atoms with Crippen LogP contribution in [-0.4, -0.2) is 11.2 Å². The second-order valence-electron chi connectivity index (χ2n) is 2.95. The highest BCUT2D eigenvalue weighted by Gasteiger charge is 2.05. The van der Waals surface area contributed by atoms with E-state index < -0.39 is 11.6 Å². The second kappa shape index (κ2) is 5.80. The van der Waals surface area contributed by atoms with Crippen LogP contribution in [0.5, 0.6) is 0 Å². The Morgan fingerprint density at radius 1 is 1.40 bits per heavy atom. The lowest BCUT2D eigenvalue weighted by molar-refractivity contribution is -0.120. The number of rotatable bonds is 4. The van der Waals surface area contributed by atoms with Gasteiger partial charge in [-0.05, 0) is 6.07 Å². The minimum Gasteiger partial charge on any atom is -0.352 e. The van der Waals surface area contributed by atoms with E-state index in [4.69, 9.17) is 0 Å². The smallest absolute Gasteiger partial charge is 0.221 e. The molecule has 0 unspecified atom stereocenters. The van der Waals surface area contributed by atoms with E-state index in [0.29, 0.717) is 11.8 Å². The molecule has 0 aliphatic rings. The lowest BCUT2D eigenvalue weighted by Crippen LogP contribution is -2.23. The first-order valence-electron chi connectivity index (χ1n) is 4.40. The molecule has 0 bridgehead atoms. The minimum absolute atomic E-state index is 0.0813. The summed E-state index contributed by atoms with van der Waals surface area (Å²) in [5, 5.41) is 3.09. The average Bonchev–Trinajstić information content (AvgIpc) is 2.17. The molecular weight excluding hydrogens is 268 g/mol. The first-order valence-corrected chi connectivity index (χ1v) is 5.52. The average molecular weight is 278 g/mol. The zero-order valence-electron chi connectivity index (χ0n) is 7.90. The largest absolute Gasteiger partial charge is 0.352 e. The van der Waals surface area contributed by atoms with Crippen molar-refractivity contribution in [3.63, 3.8) is 0 Å². The summed E-state index contributed by atoms with van der Waals surface area (Å²) in [4.78, 5) is 11.1. The molecule has 82 valence electrons. The van der Waals surface area contributed by atoms with E-state index in [1.807, 2.05) is 0 Å². The summed E-state index contributed by atoms with van der Waals surface area (Å²) in [6, 6.07) is 3.28. The molecule has 0 aliphatic carbocycles. The summed E-state index contributed by atoms with van der Waals surface area (Å²) in [7, 11) is 0. The molecule has 1 amide bonds. The van der Waals surface area contributed by atoms with Crippen LogP contribution in [0.15, 0.2) is 18.2 Å². The Balaban J connectivity index is 2.54. The first kappa shape index (κ1) is 12.1. The van der Waals surface area contributed by atoms with Gasteiger partial charge in [0.05, 0.1) is 0 Å². The second-order valence-corrected chi connectivity index (χ2v) is 3.74. The Labute approximate surface area is 94.8 Å². The van der Waals surface area contributed by atoms with Gasteiger partial charge in [0.15, 0.2) is 0 Å². The first-order chi connectivity index (χ1) is 7.13. The van der Waals surface area contributed by atoms with Gasteiger partial charge in [0.2, 0.25) is 5.91 Å². The monoisotopic (exact) mass is 277 g/mol. The molecule has 0 heterocycles. The molecule has 0 fully saturated rings. The van der Waals surface area contributed by atoms with E-state index >= 15 is 0 Å². The van der Waals surface area contributed by atoms with Crippen molar-refractivity contribution in [1.29, 1.82) is 0 Å². The Morgan fingerprint density at radius 3 is 2.73 bits per heavy atom. The van der Waals surface area contributed by atoms with Crippen LogP contribution in [0.1, 0.15) is 12.0 Å². The molecule has 0 aliphatic heterocycles. The molecule has 1 N–H and O–H groups in total. The summed E-state index contributed by atoms with van der Waals surface area (Å²) in [5.74, 6) is -1.44. The molecule has 0 radical (unpaired) electrons. The van der Waals surface area contributed by atoms with E-state index in [1.54, 1.807) is 0 Å². The standard InChI is InChI=1S/C10H10BrF2NO/c11-4-3-10(15)14-6-7-1-2-8(12)5-9(7)13/h1-2,5H,3-4,6H2,(H,14,15). The number of carbonyl (C=O) groups excluding carboxylic acids is 1. The van der Waals surface area contributed by atoms with E-state index in [2.05, 4.69) is 21.2 Å². The summed E-state index contributed by atoms with van der Waals surface area (Å²) >= 11 is 3.12. The Morgan fingerprint density at radius 2 is 2.13 bits per heavy atom. The Kier molecular flexibility index (Phi) is 4.68. The summed E-state index contributed by atoms with van der Waals surface area (Å²) < 4.78 is 25.6. The quantitative estimate of drug-likeness (QED) is 0.842. The van der Waals surface area contributed by atoms with Gasteiger partial charge in [-0.15, -0.1) is 0 Å². The van der Waals surface area contributed by atoms with Crippen LogP contribution in [0.2, 0.25) is 0 Å². The Bertz CT molecular complexity index is 357. The van der Waals surface area contributed by atoms with Crippen LogP contribution in [0.3, 0.4) is 0 Å². The van der Waals surface area contributed by atoms with E-state index in [0.717, 1.165) is 12.1 Å². The van der Waals surface area contributed by atoms with Crippen molar-refractivity contribution in [2.75, 3.05) is 5.33 Å². The predicted octanol–water partition coefficient (Wildman–Crippen LogP) is 2.37. The van der Waals surface area contributed by atoms with Gasteiger partial charge in [-0.1, -0.05) is 22.0 Å². The molecule has 0 spiro atoms. The molecular formula is C10H10BrF2NO. The lowest BCUT2D eigenvalue weighted by atomic mass is 10.2. The van der Waals surface area contributed by atoms with Crippen molar-refractivity contribution in [2.24, 2.45) is 0 Å². The van der Waals surface area contributed by atoms with E-state index in [9.17, 15) is 13.6 Å². The topological polar surface area (TPSA) is 29.1 Å². The third kappa shape index (κ3) is 3.95. The van der Waals surface area contributed by atoms with Crippen molar-refractivity contribution in [2.45, 2.75) is 13.0 Å². The highest BCUT2D eigenvalue weighted by Crippen LogP contribution is 2.08. The van der Waals surface area contributed by atoms with Crippen molar-refractivity contribution in [3.8, 4) is 0 Å². The van der Waals surface area contributed by atoms with E-state index in [1.165, 1.54) is 6.07 Å². The minimum atomic E-state index is -0.644. The van der Waals surface area contributed by atoms with Crippen LogP contribution < -0.4 is 5.32 Å². The fraction of sp³-hybridized carbons (Fsp3) is 0.300. The van der Waals surface area contributed by atoms with Crippen LogP contribution in [0.25, 0.3) is 0 Å². The summed E-state index contributed by atoms with van der Waals surface area (Å²) in [5.41, 5.74) is 0.277. The van der Waals surface area contributed by atoms with Gasteiger partial charge >= 0.3 is 0 Å². The van der Waals surface area contributed by atoms with Crippen LogP contribution >= 0.6 is 15.9 Å². The van der Waals surface area contributed by atoms with Gasteiger partial charge in [0.1, 0.15) is 11.6 Å². The summed E-state index contributed by atoms with van der Waals surface area (Å²) in [6.07, 6.45) is 0.336. The number of hydrogen-bond donors (Lipinski definition) is 1. The highest BCUT2D eigenvalue weighted by atomic mass is 79.9. The third-order valence-corrected chi connectivity index (χ3v) is 2.21. The predicted molar refractivity (Wildman–Crippen MR) is 56.6 cm³/mol. The molecule has 1 aromatic carbocycles. The number of amides is 1. The van der Waals surface area contributed by atoms with Gasteiger partial charge < -0.3 is 5.32 Å². The maximum Gasteiger partial charge on any atom is 0.221 e. The van der Waals surface area contributed by atoms with Crippen molar-refractivity contribution >= 4 is 21.8 Å². The molecule has 1 aromatic rings. The van der Waals surface area contributed by atoms with Crippen molar-refractivity contribution < 1.29 is 13.6 Å². The van der Waals surface area contributed by atoms with E-state index in [-0.39, 0.29) is 18.0 Å². The van der Waals surface area contributed by atoms with Crippen molar-refractivity contribution in [1.82, 2.24) is 5.32 Å². The molecule has 2 nitrogen and oxygen atoms in total. The van der Waals surface area contributed by atoms with Crippen LogP contribution in [-0.2, 0) is 11.3 Å². The number of hydrogen-bond acceptors (Lipinski definition) is 1. The van der Waals surface area contributed by atoms with Crippen molar-refractivity contribution in [3.05, 3.63) is 35.4 Å². The molecule has 0 saturated heterocycles. The number of carbonyl (C=O) groups is 1. The SMILES string of the molecule is O=C(CCBr)NCc1ccc(F)cc1F. The lowest BCUT2D eigenvalue weighted by Gasteiger charge is -2.05. The van der Waals surface area contributed by atoms with Gasteiger partial charge in [-0.3, -0.25) is 4.79 Å². The number of halogens is 3. The molecule has 0 aromatic heterocycles. The van der Waals surface area contributed by atoms with Crippen LogP contribution in [0.4, 0.5) is 8.78 Å². The molecule has 15 heavy (non-hydrogen) atoms. The van der Waals surface area contributed by atoms with Crippen LogP contribution in [0, 0.1) is 11.6 Å². The zero-order chi connectivity index (χ0) is 11.3. The molecule has 0 saturated carbocycles. The molecule has 1 rings (SSSR count). The Hall–Kier alpha value is -0.970. The normalized spacial score (nSPS) is 10.1. The van der Waals surface area contributed by atoms with Gasteiger partial charge in [-0.25, -0.2) is 8.78 Å². The maximum absolute atomic E-state index is 13.1. The highest BCUT2D eigenvalue weighted by molar-refractivity contribution is 9.09. The third-order valence-electron chi connectivity index (χ3n) is 1.81. The molecule has 5 heteroatoms. The number of alkyl halides is 1. The zero-order valence-corrected chi connectivity index (χ0v) is 9.48. The fourth-order valence-corrected chi connectivity index (χ4v) is 1.39.